The van der Waals surface area contributed by atoms with Gasteiger partial charge in [0.05, 0.1) is 12.1 Å². The van der Waals surface area contributed by atoms with Gasteiger partial charge < -0.3 is 4.74 Å². The van der Waals surface area contributed by atoms with Crippen molar-refractivity contribution >= 4 is 22.9 Å². The topological polar surface area (TPSA) is 59.5 Å². The number of carbonyl (C=O) groups excluding carboxylic acids is 2. The standard InChI is InChI=1S/C21H23FN2O3/c1-13(20(25)24-10-11-27-21(24)26)14-2-4-15(5-3-14)17-8-9-23-19-7-6-16(22)12-18(17)19/h6-9,12-15H,2-5,10-11H2,1H3. The van der Waals surface area contributed by atoms with Crippen LogP contribution in [0.1, 0.15) is 44.1 Å². The van der Waals surface area contributed by atoms with Gasteiger partial charge in [-0.05, 0) is 67.3 Å². The van der Waals surface area contributed by atoms with Crippen molar-refractivity contribution in [2.75, 3.05) is 13.2 Å². The molecule has 27 heavy (non-hydrogen) atoms. The molecule has 1 aliphatic carbocycles. The Hall–Kier alpha value is -2.50. The normalized spacial score (nSPS) is 24.1. The van der Waals surface area contributed by atoms with Crippen LogP contribution >= 0.6 is 0 Å². The van der Waals surface area contributed by atoms with Gasteiger partial charge in [-0.25, -0.2) is 14.1 Å². The van der Waals surface area contributed by atoms with E-state index in [-0.39, 0.29) is 30.2 Å². The minimum absolute atomic E-state index is 0.127. The number of rotatable bonds is 3. The van der Waals surface area contributed by atoms with Crippen molar-refractivity contribution in [2.24, 2.45) is 11.8 Å². The Morgan fingerprint density at radius 3 is 2.74 bits per heavy atom. The summed E-state index contributed by atoms with van der Waals surface area (Å²) < 4.78 is 18.6. The molecule has 0 spiro atoms. The highest BCUT2D eigenvalue weighted by atomic mass is 19.1. The van der Waals surface area contributed by atoms with Crippen LogP contribution in [-0.2, 0) is 9.53 Å². The Kier molecular flexibility index (Phi) is 4.81. The zero-order valence-electron chi connectivity index (χ0n) is 15.4. The first-order chi connectivity index (χ1) is 13.0. The highest BCUT2D eigenvalue weighted by Crippen LogP contribution is 2.41. The average Bonchev–Trinajstić information content (AvgIpc) is 3.12. The van der Waals surface area contributed by atoms with Crippen molar-refractivity contribution in [3.63, 3.8) is 0 Å². The third-order valence-corrected chi connectivity index (χ3v) is 6.07. The summed E-state index contributed by atoms with van der Waals surface area (Å²) >= 11 is 0. The average molecular weight is 370 g/mol. The molecule has 4 rings (SSSR count). The van der Waals surface area contributed by atoms with Gasteiger partial charge >= 0.3 is 6.09 Å². The molecule has 1 unspecified atom stereocenters. The summed E-state index contributed by atoms with van der Waals surface area (Å²) in [6.45, 7) is 2.55. The lowest BCUT2D eigenvalue weighted by atomic mass is 9.73. The van der Waals surface area contributed by atoms with Crippen LogP contribution in [0.15, 0.2) is 30.5 Å². The Morgan fingerprint density at radius 1 is 1.26 bits per heavy atom. The first kappa shape index (κ1) is 17.9. The molecular formula is C21H23FN2O3. The minimum atomic E-state index is -0.522. The number of pyridine rings is 1. The van der Waals surface area contributed by atoms with Crippen LogP contribution in [0.3, 0.4) is 0 Å². The Morgan fingerprint density at radius 2 is 2.04 bits per heavy atom. The third kappa shape index (κ3) is 3.40. The molecule has 2 fully saturated rings. The molecule has 0 bridgehead atoms. The van der Waals surface area contributed by atoms with E-state index in [1.165, 1.54) is 11.0 Å². The quantitative estimate of drug-likeness (QED) is 0.810. The van der Waals surface area contributed by atoms with Crippen molar-refractivity contribution in [3.05, 3.63) is 41.8 Å². The summed E-state index contributed by atoms with van der Waals surface area (Å²) in [6.07, 6.45) is 4.99. The molecule has 0 radical (unpaired) electrons. The summed E-state index contributed by atoms with van der Waals surface area (Å²) in [5.74, 6) is 0.0300. The van der Waals surface area contributed by atoms with Crippen LogP contribution in [0, 0.1) is 17.7 Å². The van der Waals surface area contributed by atoms with E-state index in [9.17, 15) is 14.0 Å². The second-order valence-electron chi connectivity index (χ2n) is 7.57. The number of aromatic nitrogens is 1. The number of halogens is 1. The van der Waals surface area contributed by atoms with Crippen molar-refractivity contribution in [3.8, 4) is 0 Å². The summed E-state index contributed by atoms with van der Waals surface area (Å²) in [7, 11) is 0. The van der Waals surface area contributed by atoms with Crippen molar-refractivity contribution < 1.29 is 18.7 Å². The van der Waals surface area contributed by atoms with Crippen molar-refractivity contribution in [1.82, 2.24) is 9.88 Å². The summed E-state index contributed by atoms with van der Waals surface area (Å²) in [5.41, 5.74) is 1.95. The Balaban J connectivity index is 1.45. The fourth-order valence-corrected chi connectivity index (χ4v) is 4.47. The van der Waals surface area contributed by atoms with E-state index in [0.29, 0.717) is 12.5 Å². The number of fused-ring (bicyclic) bond motifs is 1. The molecule has 2 heterocycles. The molecule has 2 amide bonds. The number of carbonyl (C=O) groups is 2. The molecule has 5 nitrogen and oxygen atoms in total. The lowest BCUT2D eigenvalue weighted by molar-refractivity contribution is -0.133. The maximum Gasteiger partial charge on any atom is 0.416 e. The number of ether oxygens (including phenoxy) is 1. The van der Waals surface area contributed by atoms with Crippen LogP contribution in [0.25, 0.3) is 10.9 Å². The van der Waals surface area contributed by atoms with Crippen LogP contribution in [0.4, 0.5) is 9.18 Å². The van der Waals surface area contributed by atoms with E-state index in [1.807, 2.05) is 13.0 Å². The number of cyclic esters (lactones) is 1. The SMILES string of the molecule is CC(C(=O)N1CCOC1=O)C1CCC(c2ccnc3ccc(F)cc23)CC1. The van der Waals surface area contributed by atoms with Crippen LogP contribution in [-0.4, -0.2) is 35.0 Å². The van der Waals surface area contributed by atoms with E-state index in [4.69, 9.17) is 4.74 Å². The predicted octanol–water partition coefficient (Wildman–Crippen LogP) is 4.26. The molecule has 1 atom stereocenters. The summed E-state index contributed by atoms with van der Waals surface area (Å²) in [5, 5.41) is 0.880. The molecule has 142 valence electrons. The fourth-order valence-electron chi connectivity index (χ4n) is 4.47. The van der Waals surface area contributed by atoms with E-state index < -0.39 is 6.09 Å². The number of nitrogens with zero attached hydrogens (tertiary/aromatic N) is 2. The first-order valence-corrected chi connectivity index (χ1v) is 9.57. The molecule has 0 N–H and O–H groups in total. The molecule has 1 saturated heterocycles. The monoisotopic (exact) mass is 370 g/mol. The predicted molar refractivity (Wildman–Crippen MR) is 98.6 cm³/mol. The Bertz CT molecular complexity index is 877. The maximum absolute atomic E-state index is 13.7. The van der Waals surface area contributed by atoms with E-state index in [1.54, 1.807) is 18.3 Å². The molecule has 6 heteroatoms. The number of benzene rings is 1. The summed E-state index contributed by atoms with van der Waals surface area (Å²) in [6, 6.07) is 6.71. The molecule has 2 aliphatic rings. The van der Waals surface area contributed by atoms with Crippen LogP contribution < -0.4 is 0 Å². The number of imide groups is 1. The van der Waals surface area contributed by atoms with E-state index in [2.05, 4.69) is 4.98 Å². The first-order valence-electron chi connectivity index (χ1n) is 9.57. The van der Waals surface area contributed by atoms with Gasteiger partial charge in [0, 0.05) is 17.5 Å². The van der Waals surface area contributed by atoms with Gasteiger partial charge in [-0.2, -0.15) is 0 Å². The van der Waals surface area contributed by atoms with Gasteiger partial charge in [-0.1, -0.05) is 6.92 Å². The largest absolute Gasteiger partial charge is 0.447 e. The minimum Gasteiger partial charge on any atom is -0.447 e. The third-order valence-electron chi connectivity index (χ3n) is 6.07. The van der Waals surface area contributed by atoms with Gasteiger partial charge in [0.1, 0.15) is 12.4 Å². The van der Waals surface area contributed by atoms with Crippen LogP contribution in [0.2, 0.25) is 0 Å². The van der Waals surface area contributed by atoms with Gasteiger partial charge in [-0.3, -0.25) is 9.78 Å². The van der Waals surface area contributed by atoms with Crippen LogP contribution in [0.5, 0.6) is 0 Å². The van der Waals surface area contributed by atoms with Crippen molar-refractivity contribution in [2.45, 2.75) is 38.5 Å². The number of hydrogen-bond acceptors (Lipinski definition) is 4. The zero-order chi connectivity index (χ0) is 19.0. The number of amides is 2. The van der Waals surface area contributed by atoms with Gasteiger partial charge in [0.2, 0.25) is 5.91 Å². The second-order valence-corrected chi connectivity index (χ2v) is 7.57. The molecule has 2 aromatic rings. The molecule has 1 aromatic heterocycles. The van der Waals surface area contributed by atoms with E-state index in [0.717, 1.165) is 42.1 Å². The van der Waals surface area contributed by atoms with E-state index >= 15 is 0 Å². The maximum atomic E-state index is 13.7. The second kappa shape index (κ2) is 7.25. The lowest BCUT2D eigenvalue weighted by Crippen LogP contribution is -2.39. The number of hydrogen-bond donors (Lipinski definition) is 0. The summed E-state index contributed by atoms with van der Waals surface area (Å²) in [4.78, 5) is 29.8. The Labute approximate surface area is 157 Å². The molecular weight excluding hydrogens is 347 g/mol. The highest BCUT2D eigenvalue weighted by Gasteiger charge is 2.36. The van der Waals surface area contributed by atoms with Gasteiger partial charge in [0.25, 0.3) is 0 Å². The lowest BCUT2D eigenvalue weighted by Gasteiger charge is -2.33. The molecule has 1 saturated carbocycles. The fraction of sp³-hybridized carbons (Fsp3) is 0.476. The molecule has 1 aromatic carbocycles. The molecule has 1 aliphatic heterocycles. The van der Waals surface area contributed by atoms with Gasteiger partial charge in [-0.15, -0.1) is 0 Å². The highest BCUT2D eigenvalue weighted by molar-refractivity contribution is 5.94. The van der Waals surface area contributed by atoms with Crippen molar-refractivity contribution in [1.29, 1.82) is 0 Å². The van der Waals surface area contributed by atoms with Gasteiger partial charge in [0.15, 0.2) is 0 Å². The zero-order valence-corrected chi connectivity index (χ0v) is 15.4. The smallest absolute Gasteiger partial charge is 0.416 e.